The van der Waals surface area contributed by atoms with Crippen LogP contribution in [-0.4, -0.2) is 31.4 Å². The minimum Gasteiger partial charge on any atom is -0.389 e. The molecule has 0 heterocycles. The molecule has 0 saturated heterocycles. The number of rotatable bonds is 7. The first-order chi connectivity index (χ1) is 7.41. The van der Waals surface area contributed by atoms with Gasteiger partial charge in [-0.2, -0.15) is 0 Å². The van der Waals surface area contributed by atoms with Crippen molar-refractivity contribution in [2.45, 2.75) is 51.6 Å². The predicted octanol–water partition coefficient (Wildman–Crippen LogP) is 1.26. The van der Waals surface area contributed by atoms with Gasteiger partial charge in [0, 0.05) is 6.54 Å². The third-order valence-electron chi connectivity index (χ3n) is 3.62. The zero-order valence-corrected chi connectivity index (χ0v) is 11.0. The van der Waals surface area contributed by atoms with Crippen molar-refractivity contribution >= 4 is 10.0 Å². The molecule has 0 bridgehead atoms. The second-order valence-corrected chi connectivity index (χ2v) is 6.68. The van der Waals surface area contributed by atoms with E-state index in [4.69, 9.17) is 0 Å². The monoisotopic (exact) mass is 249 g/mol. The molecule has 96 valence electrons. The molecule has 5 heteroatoms. The molecule has 1 aliphatic rings. The fourth-order valence-electron chi connectivity index (χ4n) is 1.77. The molecule has 16 heavy (non-hydrogen) atoms. The topological polar surface area (TPSA) is 66.4 Å². The molecule has 1 saturated carbocycles. The van der Waals surface area contributed by atoms with E-state index in [1.54, 1.807) is 0 Å². The first-order valence-corrected chi connectivity index (χ1v) is 7.76. The second-order valence-electron chi connectivity index (χ2n) is 4.83. The van der Waals surface area contributed by atoms with Gasteiger partial charge in [-0.25, -0.2) is 13.1 Å². The number of hydrogen-bond acceptors (Lipinski definition) is 3. The van der Waals surface area contributed by atoms with Crippen LogP contribution in [0.15, 0.2) is 0 Å². The Morgan fingerprint density at radius 2 is 1.88 bits per heavy atom. The van der Waals surface area contributed by atoms with E-state index in [-0.39, 0.29) is 12.3 Å². The Bertz CT molecular complexity index is 305. The van der Waals surface area contributed by atoms with E-state index in [2.05, 4.69) is 4.72 Å². The third-order valence-corrected chi connectivity index (χ3v) is 5.11. The highest BCUT2D eigenvalue weighted by molar-refractivity contribution is 7.89. The van der Waals surface area contributed by atoms with Gasteiger partial charge in [0.2, 0.25) is 10.0 Å². The predicted molar refractivity (Wildman–Crippen MR) is 64.7 cm³/mol. The molecule has 0 aromatic rings. The van der Waals surface area contributed by atoms with Crippen molar-refractivity contribution in [3.63, 3.8) is 0 Å². The Morgan fingerprint density at radius 3 is 2.25 bits per heavy atom. The van der Waals surface area contributed by atoms with Crippen LogP contribution in [0.4, 0.5) is 0 Å². The van der Waals surface area contributed by atoms with Gasteiger partial charge in [0.05, 0.1) is 11.4 Å². The summed E-state index contributed by atoms with van der Waals surface area (Å²) in [5, 5.41) is 9.97. The van der Waals surface area contributed by atoms with Crippen LogP contribution < -0.4 is 4.72 Å². The average molecular weight is 249 g/mol. The van der Waals surface area contributed by atoms with E-state index in [0.29, 0.717) is 18.8 Å². The third kappa shape index (κ3) is 4.03. The second kappa shape index (κ2) is 5.47. The Kier molecular flexibility index (Phi) is 4.76. The summed E-state index contributed by atoms with van der Waals surface area (Å²) in [5.41, 5.74) is -0.896. The SMILES string of the molecule is CCC(O)(CC)CNS(=O)(=O)CC1CCC1. The molecule has 0 aromatic heterocycles. The number of hydrogen-bond donors (Lipinski definition) is 2. The first kappa shape index (κ1) is 13.9. The fourth-order valence-corrected chi connectivity index (χ4v) is 3.33. The van der Waals surface area contributed by atoms with E-state index in [1.165, 1.54) is 0 Å². The summed E-state index contributed by atoms with van der Waals surface area (Å²) in [6.07, 6.45) is 4.32. The van der Waals surface area contributed by atoms with Crippen molar-refractivity contribution in [2.24, 2.45) is 5.92 Å². The van der Waals surface area contributed by atoms with Gasteiger partial charge in [-0.3, -0.25) is 0 Å². The number of sulfonamides is 1. The van der Waals surface area contributed by atoms with Crippen LogP contribution in [0.1, 0.15) is 46.0 Å². The van der Waals surface area contributed by atoms with Gasteiger partial charge in [0.15, 0.2) is 0 Å². The van der Waals surface area contributed by atoms with Crippen LogP contribution in [0.3, 0.4) is 0 Å². The Labute approximate surface area is 98.5 Å². The van der Waals surface area contributed by atoms with Crippen molar-refractivity contribution in [1.82, 2.24) is 4.72 Å². The number of nitrogens with one attached hydrogen (secondary N) is 1. The van der Waals surface area contributed by atoms with E-state index in [1.807, 2.05) is 13.8 Å². The van der Waals surface area contributed by atoms with Crippen molar-refractivity contribution in [2.75, 3.05) is 12.3 Å². The highest BCUT2D eigenvalue weighted by Gasteiger charge is 2.28. The zero-order valence-electron chi connectivity index (χ0n) is 10.2. The van der Waals surface area contributed by atoms with Crippen LogP contribution in [-0.2, 0) is 10.0 Å². The van der Waals surface area contributed by atoms with E-state index >= 15 is 0 Å². The van der Waals surface area contributed by atoms with Crippen molar-refractivity contribution in [3.8, 4) is 0 Å². The number of aliphatic hydroxyl groups is 1. The van der Waals surface area contributed by atoms with E-state index < -0.39 is 15.6 Å². The van der Waals surface area contributed by atoms with Crippen molar-refractivity contribution in [1.29, 1.82) is 0 Å². The molecule has 0 unspecified atom stereocenters. The van der Waals surface area contributed by atoms with Gasteiger partial charge < -0.3 is 5.11 Å². The van der Waals surface area contributed by atoms with E-state index in [0.717, 1.165) is 19.3 Å². The fraction of sp³-hybridized carbons (Fsp3) is 1.00. The standard InChI is InChI=1S/C11H23NO3S/c1-3-11(13,4-2)9-12-16(14,15)8-10-6-5-7-10/h10,12-13H,3-9H2,1-2H3. The maximum absolute atomic E-state index is 11.7. The molecule has 0 spiro atoms. The molecule has 0 atom stereocenters. The first-order valence-electron chi connectivity index (χ1n) is 6.10. The van der Waals surface area contributed by atoms with Crippen LogP contribution in [0.25, 0.3) is 0 Å². The average Bonchev–Trinajstić information content (AvgIpc) is 2.21. The van der Waals surface area contributed by atoms with Crippen LogP contribution in [0.2, 0.25) is 0 Å². The largest absolute Gasteiger partial charge is 0.389 e. The molecule has 1 aliphatic carbocycles. The molecule has 0 radical (unpaired) electrons. The zero-order chi connectivity index (χ0) is 12.2. The quantitative estimate of drug-likeness (QED) is 0.714. The van der Waals surface area contributed by atoms with Crippen LogP contribution >= 0.6 is 0 Å². The highest BCUT2D eigenvalue weighted by Crippen LogP contribution is 2.27. The summed E-state index contributed by atoms with van der Waals surface area (Å²) in [5.74, 6) is 0.546. The van der Waals surface area contributed by atoms with Crippen LogP contribution in [0, 0.1) is 5.92 Å². The summed E-state index contributed by atoms with van der Waals surface area (Å²) >= 11 is 0. The minimum atomic E-state index is -3.21. The summed E-state index contributed by atoms with van der Waals surface area (Å²) < 4.78 is 25.9. The summed E-state index contributed by atoms with van der Waals surface area (Å²) in [6.45, 7) is 3.86. The summed E-state index contributed by atoms with van der Waals surface area (Å²) in [6, 6.07) is 0. The smallest absolute Gasteiger partial charge is 0.211 e. The molecule has 1 rings (SSSR count). The van der Waals surface area contributed by atoms with Crippen LogP contribution in [0.5, 0.6) is 0 Å². The lowest BCUT2D eigenvalue weighted by Crippen LogP contribution is -2.43. The normalized spacial score (nSPS) is 18.4. The molecular formula is C11H23NO3S. The molecule has 4 nitrogen and oxygen atoms in total. The van der Waals surface area contributed by atoms with E-state index in [9.17, 15) is 13.5 Å². The molecule has 0 amide bonds. The van der Waals surface area contributed by atoms with Crippen molar-refractivity contribution in [3.05, 3.63) is 0 Å². The maximum Gasteiger partial charge on any atom is 0.211 e. The van der Waals surface area contributed by atoms with Gasteiger partial charge >= 0.3 is 0 Å². The van der Waals surface area contributed by atoms with Gasteiger partial charge in [0.1, 0.15) is 0 Å². The van der Waals surface area contributed by atoms with Gasteiger partial charge in [-0.1, -0.05) is 20.3 Å². The lowest BCUT2D eigenvalue weighted by Gasteiger charge is -2.28. The lowest BCUT2D eigenvalue weighted by molar-refractivity contribution is 0.0376. The minimum absolute atomic E-state index is 0.134. The molecule has 1 fully saturated rings. The Morgan fingerprint density at radius 1 is 1.31 bits per heavy atom. The van der Waals surface area contributed by atoms with Gasteiger partial charge in [-0.15, -0.1) is 0 Å². The van der Waals surface area contributed by atoms with Gasteiger partial charge in [0.25, 0.3) is 0 Å². The molecule has 0 aliphatic heterocycles. The van der Waals surface area contributed by atoms with Crippen molar-refractivity contribution < 1.29 is 13.5 Å². The maximum atomic E-state index is 11.7. The highest BCUT2D eigenvalue weighted by atomic mass is 32.2. The Hall–Kier alpha value is -0.130. The molecule has 2 N–H and O–H groups in total. The van der Waals surface area contributed by atoms with Gasteiger partial charge in [-0.05, 0) is 31.6 Å². The molecule has 0 aromatic carbocycles. The lowest BCUT2D eigenvalue weighted by atomic mass is 9.87. The summed E-state index contributed by atoms with van der Waals surface area (Å²) in [7, 11) is -3.21. The molecular weight excluding hydrogens is 226 g/mol. The Balaban J connectivity index is 2.40. The summed E-state index contributed by atoms with van der Waals surface area (Å²) in [4.78, 5) is 0.